The minimum Gasteiger partial charge on any atom is -0.486 e. The third kappa shape index (κ3) is 3.79. The van der Waals surface area contributed by atoms with Crippen molar-refractivity contribution in [3.05, 3.63) is 47.8 Å². The average Bonchev–Trinajstić information content (AvgIpc) is 3.16. The number of carbonyl (C=O) groups excluding carboxylic acids is 1. The second-order valence-electron chi connectivity index (χ2n) is 6.89. The monoisotopic (exact) mass is 372 g/mol. The van der Waals surface area contributed by atoms with Crippen LogP contribution in [0.5, 0.6) is 11.5 Å². The first kappa shape index (κ1) is 17.9. The highest BCUT2D eigenvalue weighted by atomic mass is 16.6. The van der Waals surface area contributed by atoms with Crippen LogP contribution < -0.4 is 19.7 Å². The molecular formula is C20H26N3O4+. The third-order valence-corrected chi connectivity index (χ3v) is 5.16. The zero-order valence-electron chi connectivity index (χ0n) is 15.6. The molecule has 1 aromatic heterocycles. The Bertz CT molecular complexity index is 804. The Morgan fingerprint density at radius 3 is 3.00 bits per heavy atom. The van der Waals surface area contributed by atoms with Crippen molar-refractivity contribution in [3.63, 3.8) is 0 Å². The molecule has 2 N–H and O–H groups in total. The Hall–Kier alpha value is -2.51. The Morgan fingerprint density at radius 1 is 1.30 bits per heavy atom. The fraction of sp³-hybridized carbons (Fsp3) is 0.450. The zero-order valence-corrected chi connectivity index (χ0v) is 15.6. The number of rotatable bonds is 6. The third-order valence-electron chi connectivity index (χ3n) is 5.16. The summed E-state index contributed by atoms with van der Waals surface area (Å²) < 4.78 is 18.7. The number of quaternary nitrogens is 1. The molecule has 144 valence electrons. The highest BCUT2D eigenvalue weighted by Gasteiger charge is 2.34. The lowest BCUT2D eigenvalue weighted by Gasteiger charge is -2.34. The number of carbonyl (C=O) groups is 1. The van der Waals surface area contributed by atoms with Gasteiger partial charge in [-0.2, -0.15) is 0 Å². The lowest BCUT2D eigenvalue weighted by molar-refractivity contribution is -0.922. The van der Waals surface area contributed by atoms with Crippen LogP contribution in [-0.2, 0) is 16.1 Å². The van der Waals surface area contributed by atoms with Crippen molar-refractivity contribution in [2.24, 2.45) is 0 Å². The van der Waals surface area contributed by atoms with Crippen LogP contribution in [0.15, 0.2) is 36.5 Å². The molecule has 1 aromatic carbocycles. The highest BCUT2D eigenvalue weighted by Crippen LogP contribution is 2.34. The van der Waals surface area contributed by atoms with Crippen molar-refractivity contribution < 1.29 is 23.9 Å². The van der Waals surface area contributed by atoms with Crippen molar-refractivity contribution in [1.29, 1.82) is 0 Å². The topological polar surface area (TPSA) is 66.2 Å². The fourth-order valence-corrected chi connectivity index (χ4v) is 3.91. The number of fused-ring (bicyclic) bond motifs is 2. The summed E-state index contributed by atoms with van der Waals surface area (Å²) in [6, 6.07) is 10.4. The van der Waals surface area contributed by atoms with E-state index in [9.17, 15) is 4.79 Å². The van der Waals surface area contributed by atoms with Gasteiger partial charge in [0.05, 0.1) is 25.4 Å². The standard InChI is InChI=1S/C20H25N3O4/c1-25-10-6-21-19(24)14-23-9-8-22-7-2-3-16(22)20(23)15-4-5-17-18(13-15)27-12-11-26-17/h2-5,7,13,20H,6,8-12,14H2,1H3,(H,21,24)/p+1/t20-/m1/s1. The minimum atomic E-state index is 0.0459. The summed E-state index contributed by atoms with van der Waals surface area (Å²) in [5.74, 6) is 1.62. The molecule has 0 bridgehead atoms. The van der Waals surface area contributed by atoms with Crippen molar-refractivity contribution >= 4 is 5.91 Å². The van der Waals surface area contributed by atoms with Crippen LogP contribution in [0, 0.1) is 0 Å². The molecule has 0 fully saturated rings. The number of hydrogen-bond acceptors (Lipinski definition) is 4. The second kappa shape index (κ2) is 8.02. The van der Waals surface area contributed by atoms with Gasteiger partial charge in [-0.3, -0.25) is 4.79 Å². The van der Waals surface area contributed by atoms with E-state index in [4.69, 9.17) is 14.2 Å². The predicted molar refractivity (Wildman–Crippen MR) is 99.3 cm³/mol. The number of hydrogen-bond donors (Lipinski definition) is 2. The number of amides is 1. The van der Waals surface area contributed by atoms with Crippen LogP contribution in [0.2, 0.25) is 0 Å². The van der Waals surface area contributed by atoms with Crippen molar-refractivity contribution in [2.45, 2.75) is 12.6 Å². The van der Waals surface area contributed by atoms with Crippen LogP contribution >= 0.6 is 0 Å². The van der Waals surface area contributed by atoms with Gasteiger partial charge in [-0.05, 0) is 30.3 Å². The molecule has 3 heterocycles. The summed E-state index contributed by atoms with van der Waals surface area (Å²) in [5, 5.41) is 2.93. The van der Waals surface area contributed by atoms with Crippen LogP contribution in [0.3, 0.4) is 0 Å². The van der Waals surface area contributed by atoms with E-state index in [1.165, 1.54) is 10.6 Å². The van der Waals surface area contributed by atoms with Crippen LogP contribution in [0.1, 0.15) is 17.3 Å². The largest absolute Gasteiger partial charge is 0.486 e. The molecule has 2 aromatic rings. The molecule has 27 heavy (non-hydrogen) atoms. The molecule has 1 unspecified atom stereocenters. The number of aromatic nitrogens is 1. The van der Waals surface area contributed by atoms with Crippen molar-refractivity contribution in [2.75, 3.05) is 46.6 Å². The Morgan fingerprint density at radius 2 is 2.15 bits per heavy atom. The van der Waals surface area contributed by atoms with Crippen LogP contribution in [0.4, 0.5) is 0 Å². The lowest BCUT2D eigenvalue weighted by atomic mass is 9.99. The van der Waals surface area contributed by atoms with Gasteiger partial charge in [-0.1, -0.05) is 0 Å². The second-order valence-corrected chi connectivity index (χ2v) is 6.89. The normalized spacial score (nSPS) is 20.8. The Kier molecular flexibility index (Phi) is 5.31. The van der Waals surface area contributed by atoms with E-state index in [0.717, 1.165) is 30.2 Å². The maximum Gasteiger partial charge on any atom is 0.275 e. The Balaban J connectivity index is 1.59. The summed E-state index contributed by atoms with van der Waals surface area (Å²) >= 11 is 0. The van der Waals surface area contributed by atoms with E-state index in [1.54, 1.807) is 7.11 Å². The van der Waals surface area contributed by atoms with Gasteiger partial charge in [-0.25, -0.2) is 0 Å². The molecule has 1 amide bonds. The number of methoxy groups -OCH3 is 1. The maximum absolute atomic E-state index is 12.4. The van der Waals surface area contributed by atoms with E-state index in [-0.39, 0.29) is 11.9 Å². The molecule has 7 nitrogen and oxygen atoms in total. The van der Waals surface area contributed by atoms with Gasteiger partial charge in [-0.15, -0.1) is 0 Å². The number of benzene rings is 1. The molecule has 0 aliphatic carbocycles. The van der Waals surface area contributed by atoms with Gasteiger partial charge in [0.1, 0.15) is 13.2 Å². The molecule has 4 rings (SSSR count). The molecule has 7 heteroatoms. The average molecular weight is 372 g/mol. The van der Waals surface area contributed by atoms with Crippen LogP contribution in [0.25, 0.3) is 0 Å². The van der Waals surface area contributed by atoms with E-state index >= 15 is 0 Å². The van der Waals surface area contributed by atoms with Gasteiger partial charge >= 0.3 is 0 Å². The summed E-state index contributed by atoms with van der Waals surface area (Å²) in [7, 11) is 1.63. The molecule has 0 radical (unpaired) electrons. The zero-order chi connectivity index (χ0) is 18.6. The summed E-state index contributed by atoms with van der Waals surface area (Å²) in [5.41, 5.74) is 2.36. The summed E-state index contributed by atoms with van der Waals surface area (Å²) in [4.78, 5) is 13.6. The summed E-state index contributed by atoms with van der Waals surface area (Å²) in [6.07, 6.45) is 2.11. The van der Waals surface area contributed by atoms with Gasteiger partial charge in [0, 0.05) is 25.4 Å². The minimum absolute atomic E-state index is 0.0459. The number of nitrogens with zero attached hydrogens (tertiary/aromatic N) is 1. The highest BCUT2D eigenvalue weighted by molar-refractivity contribution is 5.76. The van der Waals surface area contributed by atoms with E-state index in [0.29, 0.717) is 32.9 Å². The predicted octanol–water partition coefficient (Wildman–Crippen LogP) is 0.00980. The molecule has 0 spiro atoms. The molecule has 0 saturated carbocycles. The van der Waals surface area contributed by atoms with E-state index in [2.05, 4.69) is 40.3 Å². The van der Waals surface area contributed by atoms with Crippen molar-refractivity contribution in [3.8, 4) is 11.5 Å². The smallest absolute Gasteiger partial charge is 0.275 e. The molecular weight excluding hydrogens is 346 g/mol. The first-order valence-corrected chi connectivity index (χ1v) is 9.41. The van der Waals surface area contributed by atoms with Crippen LogP contribution in [-0.4, -0.2) is 57.0 Å². The summed E-state index contributed by atoms with van der Waals surface area (Å²) in [6.45, 7) is 4.42. The molecule has 2 aliphatic heterocycles. The number of ether oxygens (including phenoxy) is 3. The number of nitrogens with one attached hydrogen (secondary N) is 2. The molecule has 0 saturated heterocycles. The van der Waals surface area contributed by atoms with Gasteiger partial charge in [0.25, 0.3) is 5.91 Å². The quantitative estimate of drug-likeness (QED) is 0.701. The van der Waals surface area contributed by atoms with Crippen molar-refractivity contribution in [1.82, 2.24) is 9.88 Å². The molecule has 2 aliphatic rings. The van der Waals surface area contributed by atoms with Gasteiger partial charge in [0.15, 0.2) is 24.1 Å². The van der Waals surface area contributed by atoms with E-state index < -0.39 is 0 Å². The van der Waals surface area contributed by atoms with Gasteiger partial charge in [0.2, 0.25) is 0 Å². The first-order valence-electron chi connectivity index (χ1n) is 9.41. The Labute approximate surface area is 158 Å². The first-order chi connectivity index (χ1) is 13.3. The van der Waals surface area contributed by atoms with E-state index in [1.807, 2.05) is 6.07 Å². The fourth-order valence-electron chi connectivity index (χ4n) is 3.91. The lowest BCUT2D eigenvalue weighted by Crippen LogP contribution is -3.14. The SMILES string of the molecule is COCCNC(=O)C[NH+]1CCn2cccc2[C@H]1c1ccc2c(c1)OCCO2. The molecule has 2 atom stereocenters. The maximum atomic E-state index is 12.4. The van der Waals surface area contributed by atoms with Gasteiger partial charge < -0.3 is 29.0 Å².